The summed E-state index contributed by atoms with van der Waals surface area (Å²) in [6, 6.07) is 0. The van der Waals surface area contributed by atoms with Gasteiger partial charge in [-0.3, -0.25) is 0 Å². The molecule has 0 radical (unpaired) electrons. The van der Waals surface area contributed by atoms with Crippen molar-refractivity contribution in [2.45, 2.75) is 0 Å². The zero-order valence-corrected chi connectivity index (χ0v) is 33.1. The first-order valence-electron chi connectivity index (χ1n) is 0. The van der Waals surface area contributed by atoms with Gasteiger partial charge >= 0.3 is 0 Å². The number of rotatable bonds is 0. The molecular formula is Zn9. The van der Waals surface area contributed by atoms with Crippen LogP contribution in [0, 0.1) is 0 Å². The Labute approximate surface area is 171 Å². The molecule has 0 fully saturated rings. The van der Waals surface area contributed by atoms with Crippen molar-refractivity contribution in [1.29, 1.82) is 0 Å². The zero-order chi connectivity index (χ0) is 0. The molecule has 0 saturated heterocycles. The second kappa shape index (κ2) is 68.8. The Balaban J connectivity index is 0. The van der Waals surface area contributed by atoms with Gasteiger partial charge in [0.25, 0.3) is 0 Å². The van der Waals surface area contributed by atoms with Gasteiger partial charge in [0.15, 0.2) is 0 Å². The van der Waals surface area contributed by atoms with E-state index in [-0.39, 0.29) is 175 Å². The molecule has 0 unspecified atom stereocenters. The van der Waals surface area contributed by atoms with Crippen LogP contribution in [0.1, 0.15) is 0 Å². The first-order chi connectivity index (χ1) is 0. The van der Waals surface area contributed by atoms with E-state index in [1.165, 1.54) is 0 Å². The summed E-state index contributed by atoms with van der Waals surface area (Å²) < 4.78 is 0. The topological polar surface area (TPSA) is 0 Å². The Hall–Kier alpha value is 5.61. The summed E-state index contributed by atoms with van der Waals surface area (Å²) in [5, 5.41) is 0. The SMILES string of the molecule is [Zn].[Zn].[Zn].[Zn].[Zn].[Zn].[Zn].[Zn].[Zn]. The van der Waals surface area contributed by atoms with Gasteiger partial charge in [-0.2, -0.15) is 0 Å². The molecule has 0 heterocycles. The Kier molecular flexibility index (Phi) is 657. The summed E-state index contributed by atoms with van der Waals surface area (Å²) in [5.41, 5.74) is 0. The van der Waals surface area contributed by atoms with E-state index in [0.717, 1.165) is 0 Å². The molecule has 9 heteroatoms. The third-order valence-electron chi connectivity index (χ3n) is 0. The van der Waals surface area contributed by atoms with Crippen LogP contribution < -0.4 is 0 Å². The Morgan fingerprint density at radius 1 is 0.111 bits per heavy atom. The van der Waals surface area contributed by atoms with Crippen molar-refractivity contribution in [2.75, 3.05) is 0 Å². The van der Waals surface area contributed by atoms with Crippen molar-refractivity contribution >= 4 is 0 Å². The molecule has 0 spiro atoms. The first kappa shape index (κ1) is 86.0. The van der Waals surface area contributed by atoms with Crippen LogP contribution in [0.2, 0.25) is 0 Å². The van der Waals surface area contributed by atoms with Crippen LogP contribution in [-0.2, 0) is 175 Å². The molecule has 0 aromatic heterocycles. The van der Waals surface area contributed by atoms with E-state index in [4.69, 9.17) is 0 Å². The van der Waals surface area contributed by atoms with Gasteiger partial charge in [0.1, 0.15) is 0 Å². The average Bonchev–Trinajstić information content (AvgIpc) is 0. The Bertz CT molecular complexity index is 0. The molecule has 0 amide bonds. The fraction of sp³-hybridized carbons (Fsp3) is 0. The molecule has 0 atom stereocenters. The Morgan fingerprint density at radius 2 is 0.111 bits per heavy atom. The molecule has 0 N–H and O–H groups in total. The summed E-state index contributed by atoms with van der Waals surface area (Å²) in [6.07, 6.45) is 0. The van der Waals surface area contributed by atoms with Gasteiger partial charge in [0.2, 0.25) is 0 Å². The van der Waals surface area contributed by atoms with Gasteiger partial charge in [-0.05, 0) is 0 Å². The van der Waals surface area contributed by atoms with E-state index < -0.39 is 0 Å². The van der Waals surface area contributed by atoms with Crippen LogP contribution in [0.3, 0.4) is 0 Å². The molecule has 0 aromatic rings. The van der Waals surface area contributed by atoms with Gasteiger partial charge in [0, 0.05) is 175 Å². The minimum absolute atomic E-state index is 0. The molecule has 18 valence electrons. The van der Waals surface area contributed by atoms with Crippen LogP contribution in [0.5, 0.6) is 0 Å². The minimum atomic E-state index is 0. The number of hydrogen-bond donors (Lipinski definition) is 0. The molecule has 0 rings (SSSR count). The average molecular weight is 589 g/mol. The molecular weight excluding hydrogens is 589 g/mol. The third-order valence-corrected chi connectivity index (χ3v) is 0. The van der Waals surface area contributed by atoms with Crippen molar-refractivity contribution in [3.8, 4) is 0 Å². The molecule has 0 saturated carbocycles. The van der Waals surface area contributed by atoms with Crippen molar-refractivity contribution < 1.29 is 175 Å². The fourth-order valence-electron chi connectivity index (χ4n) is 0. The second-order valence-electron chi connectivity index (χ2n) is 0. The standard InChI is InChI=1S/9Zn. The summed E-state index contributed by atoms with van der Waals surface area (Å²) >= 11 is 0. The predicted molar refractivity (Wildman–Crippen MR) is 0 cm³/mol. The van der Waals surface area contributed by atoms with Crippen LogP contribution >= 0.6 is 0 Å². The van der Waals surface area contributed by atoms with Gasteiger partial charge in [-0.1, -0.05) is 0 Å². The smallest absolute Gasteiger partial charge is 0 e. The maximum atomic E-state index is 0. The maximum absolute atomic E-state index is 0. The van der Waals surface area contributed by atoms with Gasteiger partial charge in [-0.25, -0.2) is 0 Å². The maximum Gasteiger partial charge on any atom is 0 e. The summed E-state index contributed by atoms with van der Waals surface area (Å²) in [6.45, 7) is 0. The Morgan fingerprint density at radius 3 is 0.111 bits per heavy atom. The van der Waals surface area contributed by atoms with Crippen molar-refractivity contribution in [3.05, 3.63) is 0 Å². The summed E-state index contributed by atoms with van der Waals surface area (Å²) in [4.78, 5) is 0. The fourth-order valence-corrected chi connectivity index (χ4v) is 0. The van der Waals surface area contributed by atoms with Crippen LogP contribution in [0.15, 0.2) is 0 Å². The third kappa shape index (κ3) is 58.3. The summed E-state index contributed by atoms with van der Waals surface area (Å²) in [5.74, 6) is 0. The minimum Gasteiger partial charge on any atom is 0 e. The summed E-state index contributed by atoms with van der Waals surface area (Å²) in [7, 11) is 0. The quantitative estimate of drug-likeness (QED) is 0.350. The largest absolute Gasteiger partial charge is 0 e. The zero-order valence-electron chi connectivity index (χ0n) is 6.36. The predicted octanol–water partition coefficient (Wildman–Crippen LogP) is -0.0225. The van der Waals surface area contributed by atoms with E-state index >= 15 is 0 Å². The van der Waals surface area contributed by atoms with Crippen molar-refractivity contribution in [1.82, 2.24) is 0 Å². The number of hydrogen-bond acceptors (Lipinski definition) is 0. The van der Waals surface area contributed by atoms with E-state index in [0.29, 0.717) is 0 Å². The van der Waals surface area contributed by atoms with E-state index in [9.17, 15) is 0 Å². The van der Waals surface area contributed by atoms with Crippen LogP contribution in [0.25, 0.3) is 0 Å². The molecule has 9 heavy (non-hydrogen) atoms. The molecule has 0 aliphatic carbocycles. The molecule has 0 nitrogen and oxygen atoms in total. The van der Waals surface area contributed by atoms with E-state index in [1.54, 1.807) is 0 Å². The molecule has 0 aromatic carbocycles. The van der Waals surface area contributed by atoms with Crippen LogP contribution in [-0.4, -0.2) is 0 Å². The monoisotopic (exact) mass is 575 g/mol. The van der Waals surface area contributed by atoms with Crippen molar-refractivity contribution in [2.24, 2.45) is 0 Å². The van der Waals surface area contributed by atoms with Crippen LogP contribution in [0.4, 0.5) is 0 Å². The van der Waals surface area contributed by atoms with Gasteiger partial charge in [0.05, 0.1) is 0 Å². The normalized spacial score (nSPS) is 0. The van der Waals surface area contributed by atoms with Crippen molar-refractivity contribution in [3.63, 3.8) is 0 Å². The van der Waals surface area contributed by atoms with E-state index in [1.807, 2.05) is 0 Å². The first-order valence-corrected chi connectivity index (χ1v) is 0. The van der Waals surface area contributed by atoms with E-state index in [2.05, 4.69) is 0 Å². The molecule has 0 bridgehead atoms. The molecule has 0 aliphatic rings. The van der Waals surface area contributed by atoms with Gasteiger partial charge < -0.3 is 0 Å². The molecule has 0 aliphatic heterocycles. The van der Waals surface area contributed by atoms with Gasteiger partial charge in [-0.15, -0.1) is 0 Å². The second-order valence-corrected chi connectivity index (χ2v) is 0.